The van der Waals surface area contributed by atoms with Gasteiger partial charge in [-0.05, 0) is 32.9 Å². The van der Waals surface area contributed by atoms with Gasteiger partial charge < -0.3 is 11.1 Å². The van der Waals surface area contributed by atoms with Crippen molar-refractivity contribution in [3.05, 3.63) is 21.3 Å². The molecule has 6 heteroatoms. The molecule has 1 amide bonds. The van der Waals surface area contributed by atoms with E-state index in [0.717, 1.165) is 9.21 Å². The second kappa shape index (κ2) is 5.87. The molecule has 1 heterocycles. The first-order valence-electron chi connectivity index (χ1n) is 4.66. The van der Waals surface area contributed by atoms with Gasteiger partial charge in [-0.1, -0.05) is 11.6 Å². The molecule has 0 aliphatic heterocycles. The van der Waals surface area contributed by atoms with Crippen molar-refractivity contribution in [1.82, 2.24) is 5.32 Å². The highest BCUT2D eigenvalue weighted by molar-refractivity contribution is 7.16. The van der Waals surface area contributed by atoms with Crippen LogP contribution in [0.3, 0.4) is 0 Å². The van der Waals surface area contributed by atoms with Crippen LogP contribution in [-0.4, -0.2) is 11.4 Å². The predicted octanol–water partition coefficient (Wildman–Crippen LogP) is 2.74. The lowest BCUT2D eigenvalue weighted by Crippen LogP contribution is -2.49. The number of rotatable bonds is 3. The number of halogens is 2. The minimum absolute atomic E-state index is 0. The van der Waals surface area contributed by atoms with Crippen molar-refractivity contribution >= 4 is 41.3 Å². The summed E-state index contributed by atoms with van der Waals surface area (Å²) in [7, 11) is 0. The second-order valence-corrected chi connectivity index (χ2v) is 5.81. The summed E-state index contributed by atoms with van der Waals surface area (Å²) in [6, 6.07) is 3.66. The van der Waals surface area contributed by atoms with Gasteiger partial charge in [-0.2, -0.15) is 0 Å². The van der Waals surface area contributed by atoms with Crippen LogP contribution in [0.4, 0.5) is 0 Å². The highest BCUT2D eigenvalue weighted by Crippen LogP contribution is 2.26. The van der Waals surface area contributed by atoms with Crippen LogP contribution in [0, 0.1) is 0 Å². The fourth-order valence-corrected chi connectivity index (χ4v) is 2.08. The number of nitrogens with two attached hydrogens (primary N) is 1. The first-order valence-corrected chi connectivity index (χ1v) is 5.85. The predicted molar refractivity (Wildman–Crippen MR) is 71.4 cm³/mol. The van der Waals surface area contributed by atoms with Crippen LogP contribution < -0.4 is 11.1 Å². The van der Waals surface area contributed by atoms with E-state index in [9.17, 15) is 4.79 Å². The highest BCUT2D eigenvalue weighted by Gasteiger charge is 2.23. The quantitative estimate of drug-likeness (QED) is 0.896. The van der Waals surface area contributed by atoms with Crippen LogP contribution in [0.5, 0.6) is 0 Å². The monoisotopic (exact) mass is 282 g/mol. The zero-order chi connectivity index (χ0) is 11.6. The van der Waals surface area contributed by atoms with E-state index in [2.05, 4.69) is 5.32 Å². The first-order chi connectivity index (χ1) is 6.80. The number of nitrogens with one attached hydrogen (secondary N) is 1. The number of carbonyl (C=O) groups excluding carboxylic acids is 1. The Kier molecular flexibility index (Phi) is 5.76. The summed E-state index contributed by atoms with van der Waals surface area (Å²) >= 11 is 7.27. The van der Waals surface area contributed by atoms with Crippen molar-refractivity contribution in [2.45, 2.75) is 32.4 Å². The third kappa shape index (κ3) is 4.29. The molecule has 1 rings (SSSR count). The first kappa shape index (κ1) is 15.7. The van der Waals surface area contributed by atoms with Crippen molar-refractivity contribution in [3.63, 3.8) is 0 Å². The van der Waals surface area contributed by atoms with Gasteiger partial charge >= 0.3 is 0 Å². The number of thiophene rings is 1. The van der Waals surface area contributed by atoms with E-state index in [1.165, 1.54) is 11.3 Å². The largest absolute Gasteiger partial charge is 0.347 e. The van der Waals surface area contributed by atoms with Crippen molar-refractivity contribution in [2.75, 3.05) is 0 Å². The van der Waals surface area contributed by atoms with Gasteiger partial charge in [0.15, 0.2) is 0 Å². The second-order valence-electron chi connectivity index (χ2n) is 4.06. The molecule has 0 aliphatic carbocycles. The molecule has 0 spiro atoms. The van der Waals surface area contributed by atoms with Crippen LogP contribution in [0.25, 0.3) is 0 Å². The van der Waals surface area contributed by atoms with Gasteiger partial charge in [0.05, 0.1) is 15.9 Å². The van der Waals surface area contributed by atoms with Gasteiger partial charge in [-0.3, -0.25) is 4.79 Å². The van der Waals surface area contributed by atoms with Crippen molar-refractivity contribution in [1.29, 1.82) is 0 Å². The SMILES string of the molecule is CC(NC(=O)C(C)(C)N)c1ccc(Cl)s1.Cl. The molecule has 0 radical (unpaired) electrons. The van der Waals surface area contributed by atoms with Gasteiger partial charge in [-0.15, -0.1) is 23.7 Å². The van der Waals surface area contributed by atoms with Gasteiger partial charge in [0.1, 0.15) is 0 Å². The molecule has 1 aromatic heterocycles. The molecule has 1 aromatic rings. The standard InChI is InChI=1S/C10H15ClN2OS.ClH/c1-6(7-4-5-8(11)15-7)13-9(14)10(2,3)12;/h4-6H,12H2,1-3H3,(H,13,14);1H. The fourth-order valence-electron chi connectivity index (χ4n) is 1.01. The summed E-state index contributed by atoms with van der Waals surface area (Å²) in [4.78, 5) is 12.6. The fraction of sp³-hybridized carbons (Fsp3) is 0.500. The maximum Gasteiger partial charge on any atom is 0.240 e. The summed E-state index contributed by atoms with van der Waals surface area (Å²) in [6.07, 6.45) is 0. The molecular formula is C10H16Cl2N2OS. The highest BCUT2D eigenvalue weighted by atomic mass is 35.5. The van der Waals surface area contributed by atoms with Gasteiger partial charge in [0.25, 0.3) is 0 Å². The average Bonchev–Trinajstić information content (AvgIpc) is 2.50. The van der Waals surface area contributed by atoms with E-state index in [4.69, 9.17) is 17.3 Å². The van der Waals surface area contributed by atoms with Gasteiger partial charge in [0.2, 0.25) is 5.91 Å². The molecule has 16 heavy (non-hydrogen) atoms. The van der Waals surface area contributed by atoms with Crippen LogP contribution >= 0.6 is 35.3 Å². The summed E-state index contributed by atoms with van der Waals surface area (Å²) in [5.74, 6) is -0.167. The Morgan fingerprint density at radius 3 is 2.50 bits per heavy atom. The molecule has 0 aromatic carbocycles. The Bertz CT molecular complexity index is 360. The van der Waals surface area contributed by atoms with E-state index in [1.54, 1.807) is 13.8 Å². The topological polar surface area (TPSA) is 55.1 Å². The van der Waals surface area contributed by atoms with E-state index in [-0.39, 0.29) is 24.4 Å². The molecule has 0 saturated carbocycles. The molecule has 1 unspecified atom stereocenters. The van der Waals surface area contributed by atoms with E-state index >= 15 is 0 Å². The van der Waals surface area contributed by atoms with E-state index < -0.39 is 5.54 Å². The Balaban J connectivity index is 0.00000225. The Labute approximate surface area is 111 Å². The molecule has 3 N–H and O–H groups in total. The van der Waals surface area contributed by atoms with Crippen molar-refractivity contribution in [2.24, 2.45) is 5.73 Å². The minimum Gasteiger partial charge on any atom is -0.347 e. The maximum atomic E-state index is 11.6. The molecule has 0 fully saturated rings. The number of carbonyl (C=O) groups is 1. The molecule has 92 valence electrons. The molecule has 3 nitrogen and oxygen atoms in total. The molecule has 0 bridgehead atoms. The van der Waals surface area contributed by atoms with Gasteiger partial charge in [0, 0.05) is 4.88 Å². The Morgan fingerprint density at radius 1 is 1.56 bits per heavy atom. The number of hydrogen-bond donors (Lipinski definition) is 2. The van der Waals surface area contributed by atoms with Crippen LogP contribution in [-0.2, 0) is 4.79 Å². The van der Waals surface area contributed by atoms with Crippen LogP contribution in [0.15, 0.2) is 12.1 Å². The van der Waals surface area contributed by atoms with Crippen LogP contribution in [0.2, 0.25) is 4.34 Å². The summed E-state index contributed by atoms with van der Waals surface area (Å²) in [5.41, 5.74) is 4.82. The molecule has 0 saturated heterocycles. The van der Waals surface area contributed by atoms with Crippen LogP contribution in [0.1, 0.15) is 31.7 Å². The van der Waals surface area contributed by atoms with Crippen molar-refractivity contribution in [3.8, 4) is 0 Å². The maximum absolute atomic E-state index is 11.6. The number of hydrogen-bond acceptors (Lipinski definition) is 3. The summed E-state index contributed by atoms with van der Waals surface area (Å²) in [6.45, 7) is 5.26. The molecule has 1 atom stereocenters. The van der Waals surface area contributed by atoms with Gasteiger partial charge in [-0.25, -0.2) is 0 Å². The summed E-state index contributed by atoms with van der Waals surface area (Å²) in [5, 5.41) is 2.84. The third-order valence-corrected chi connectivity index (χ3v) is 3.37. The molecule has 0 aliphatic rings. The zero-order valence-electron chi connectivity index (χ0n) is 9.41. The average molecular weight is 283 g/mol. The lowest BCUT2D eigenvalue weighted by atomic mass is 10.1. The van der Waals surface area contributed by atoms with E-state index in [0.29, 0.717) is 0 Å². The zero-order valence-corrected chi connectivity index (χ0v) is 11.8. The third-order valence-electron chi connectivity index (χ3n) is 1.95. The lowest BCUT2D eigenvalue weighted by molar-refractivity contribution is -0.125. The minimum atomic E-state index is -0.852. The normalized spacial score (nSPS) is 12.8. The lowest BCUT2D eigenvalue weighted by Gasteiger charge is -2.21. The summed E-state index contributed by atoms with van der Waals surface area (Å²) < 4.78 is 0.720. The van der Waals surface area contributed by atoms with Crippen molar-refractivity contribution < 1.29 is 4.79 Å². The van der Waals surface area contributed by atoms with E-state index in [1.807, 2.05) is 19.1 Å². The number of amides is 1. The Morgan fingerprint density at radius 2 is 2.12 bits per heavy atom. The smallest absolute Gasteiger partial charge is 0.240 e. The Hall–Kier alpha value is -0.290. The molecular weight excluding hydrogens is 267 g/mol.